The van der Waals surface area contributed by atoms with Gasteiger partial charge in [-0.05, 0) is 117 Å². The van der Waals surface area contributed by atoms with Crippen molar-refractivity contribution in [3.8, 4) is 116 Å². The Hall–Kier alpha value is -15.1. The van der Waals surface area contributed by atoms with Crippen LogP contribution in [-0.2, 0) is 0 Å². The van der Waals surface area contributed by atoms with E-state index in [0.29, 0.717) is 11.8 Å². The maximum atomic E-state index is 5.27. The molecule has 9 heterocycles. The first-order valence-electron chi connectivity index (χ1n) is 40.2. The average molecular weight is 1590 g/mol. The molecule has 0 bridgehead atoms. The van der Waals surface area contributed by atoms with Gasteiger partial charge < -0.3 is 0 Å². The van der Waals surface area contributed by atoms with E-state index in [0.717, 1.165) is 95.4 Å². The lowest BCUT2D eigenvalue weighted by atomic mass is 10.0. The van der Waals surface area contributed by atoms with Crippen LogP contribution in [0.3, 0.4) is 0 Å². The third-order valence-electron chi connectivity index (χ3n) is 22.4. The number of para-hydroxylation sites is 3. The summed E-state index contributed by atoms with van der Waals surface area (Å²) in [5.74, 6) is 3.17. The Morgan fingerprint density at radius 1 is 0.183 bits per heavy atom. The Bertz CT molecular complexity index is 7000. The third-order valence-corrected chi connectivity index (χ3v) is 26.1. The molecule has 0 unspecified atom stereocenters. The number of hydrogen-bond donors (Lipinski definition) is 0. The highest BCUT2D eigenvalue weighted by Crippen LogP contribution is 2.48. The number of nitrogens with zero attached hydrogens (tertiary/aromatic N) is 8. The minimum atomic E-state index is 0.672. The van der Waals surface area contributed by atoms with Crippen molar-refractivity contribution in [1.82, 2.24) is 38.6 Å². The van der Waals surface area contributed by atoms with Crippen LogP contribution in [-0.4, -0.2) is 38.6 Å². The lowest BCUT2D eigenvalue weighted by Crippen LogP contribution is -2.03. The zero-order valence-electron chi connectivity index (χ0n) is 64.7. The highest BCUT2D eigenvalue weighted by atomic mass is 32.1. The zero-order valence-corrected chi connectivity index (χ0v) is 67.2. The molecule has 564 valence electrons. The van der Waals surface area contributed by atoms with Gasteiger partial charge in [0.05, 0.1) is 55.9 Å². The molecule has 0 N–H and O–H groups in total. The number of rotatable bonds is 12. The van der Waals surface area contributed by atoms with Crippen molar-refractivity contribution in [2.75, 3.05) is 0 Å². The average Bonchev–Trinajstić information content (AvgIpc) is 1.58. The van der Waals surface area contributed by atoms with E-state index in [1.807, 2.05) is 76.5 Å². The van der Waals surface area contributed by atoms with E-state index in [1.165, 1.54) is 105 Å². The normalized spacial score (nSPS) is 11.5. The molecule has 0 saturated heterocycles. The van der Waals surface area contributed by atoms with Gasteiger partial charge in [0.25, 0.3) is 0 Å². The second kappa shape index (κ2) is 30.8. The van der Waals surface area contributed by atoms with E-state index in [-0.39, 0.29) is 0 Å². The maximum absolute atomic E-state index is 5.27. The first-order valence-corrected chi connectivity index (χ1v) is 42.6. The van der Waals surface area contributed by atoms with Gasteiger partial charge in [-0.15, -0.1) is 34.0 Å². The molecule has 9 aromatic heterocycles. The Morgan fingerprint density at radius 3 is 0.850 bits per heavy atom. The van der Waals surface area contributed by atoms with Gasteiger partial charge >= 0.3 is 0 Å². The molecule has 0 amide bonds. The van der Waals surface area contributed by atoms with Crippen molar-refractivity contribution in [3.05, 3.63) is 425 Å². The molecule has 11 heteroatoms. The molecule has 0 aliphatic heterocycles. The van der Waals surface area contributed by atoms with Crippen LogP contribution in [0.15, 0.2) is 425 Å². The van der Waals surface area contributed by atoms with Gasteiger partial charge in [-0.1, -0.05) is 346 Å². The van der Waals surface area contributed by atoms with Crippen molar-refractivity contribution < 1.29 is 0 Å². The Balaban J connectivity index is 0.000000108. The van der Waals surface area contributed by atoms with Crippen LogP contribution in [0.2, 0.25) is 0 Å². The predicted molar refractivity (Wildman–Crippen MR) is 506 cm³/mol. The summed E-state index contributed by atoms with van der Waals surface area (Å²) in [5.41, 5.74) is 21.9. The first kappa shape index (κ1) is 71.4. The molecule has 0 spiro atoms. The van der Waals surface area contributed by atoms with E-state index in [4.69, 9.17) is 24.9 Å². The molecule has 8 nitrogen and oxygen atoms in total. The highest BCUT2D eigenvalue weighted by Gasteiger charge is 2.25. The Morgan fingerprint density at radius 2 is 0.475 bits per heavy atom. The molecular weight excluding hydrogens is 1520 g/mol. The van der Waals surface area contributed by atoms with Crippen molar-refractivity contribution in [2.24, 2.45) is 0 Å². The van der Waals surface area contributed by atoms with Crippen molar-refractivity contribution in [1.29, 1.82) is 0 Å². The standard InChI is InChI=1S/C37H24N2S.2C36H23N3S/c1-4-12-25(13-5-1)29-22-31(26-14-6-2-7-15-26)38-35(24-29)39-32-19-11-10-18-30(32)36-33(39)21-20-28-23-34(40-37(28)36)27-16-8-3-9-17-27;1-4-12-24(13-5-1)29-23-30(25-14-6-2-7-15-25)38-36(37-29)39-31-19-11-10-18-28(31)34-32(39)21-20-27-22-33(40-35(27)34)26-16-8-3-9-17-26;1-4-12-24(13-5-1)29-23-33(38-36(37-29)26-16-8-3-9-17-26)39-30-19-11-10-18-28(30)34-31(39)21-20-27-22-32(40-35(27)34)25-14-6-2-7-15-25/h1-24H;2*1-23H. The van der Waals surface area contributed by atoms with Crippen molar-refractivity contribution >= 4 is 130 Å². The molecule has 0 atom stereocenters. The second-order valence-corrected chi connectivity index (χ2v) is 32.9. The van der Waals surface area contributed by atoms with Crippen LogP contribution in [0.4, 0.5) is 0 Å². The fourth-order valence-corrected chi connectivity index (χ4v) is 20.5. The fourth-order valence-electron chi connectivity index (χ4n) is 16.8. The summed E-state index contributed by atoms with van der Waals surface area (Å²) in [6.45, 7) is 0. The lowest BCUT2D eigenvalue weighted by molar-refractivity contribution is 0.996. The van der Waals surface area contributed by atoms with Crippen LogP contribution in [0.25, 0.3) is 212 Å². The summed E-state index contributed by atoms with van der Waals surface area (Å²) < 4.78 is 10.8. The largest absolute Gasteiger partial charge is 0.294 e. The Labute approximate surface area is 704 Å². The molecule has 24 aromatic rings. The SMILES string of the molecule is c1ccc(-c2cc(-c3ccccc3)nc(-n3c4ccccc4c4c5sc(-c6ccccc6)cc5ccc43)c2)cc1.c1ccc(-c2cc(-c3ccccc3)nc(-n3c4ccccc4c4c5sc(-c6ccccc6)cc5ccc43)n2)cc1.c1ccc(-c2cc(-n3c4ccccc4c4c5sc(-c6ccccc6)cc5ccc43)nc(-c3ccccc3)n2)cc1. The second-order valence-electron chi connectivity index (χ2n) is 29.8. The van der Waals surface area contributed by atoms with E-state index in [2.05, 4.69) is 396 Å². The van der Waals surface area contributed by atoms with Gasteiger partial charge in [0.2, 0.25) is 5.95 Å². The van der Waals surface area contributed by atoms with E-state index < -0.39 is 0 Å². The zero-order chi connectivity index (χ0) is 79.4. The molecule has 15 aromatic carbocycles. The topological polar surface area (TPSA) is 79.2 Å². The molecule has 0 aliphatic rings. The summed E-state index contributed by atoms with van der Waals surface area (Å²) in [4.78, 5) is 29.6. The maximum Gasteiger partial charge on any atom is 0.235 e. The smallest absolute Gasteiger partial charge is 0.235 e. The summed E-state index contributed by atoms with van der Waals surface area (Å²) in [6.07, 6.45) is 0. The third kappa shape index (κ3) is 13.2. The van der Waals surface area contributed by atoms with Crippen LogP contribution >= 0.6 is 34.0 Å². The Kier molecular flexibility index (Phi) is 18.3. The summed E-state index contributed by atoms with van der Waals surface area (Å²) >= 11 is 5.58. The monoisotopic (exact) mass is 1590 g/mol. The van der Waals surface area contributed by atoms with Gasteiger partial charge in [0.1, 0.15) is 11.6 Å². The molecule has 120 heavy (non-hydrogen) atoms. The van der Waals surface area contributed by atoms with Crippen LogP contribution in [0, 0.1) is 0 Å². The quantitative estimate of drug-likeness (QED) is 0.122. The van der Waals surface area contributed by atoms with Crippen LogP contribution in [0.5, 0.6) is 0 Å². The number of hydrogen-bond acceptors (Lipinski definition) is 8. The molecule has 0 radical (unpaired) electrons. The van der Waals surface area contributed by atoms with Crippen molar-refractivity contribution in [3.63, 3.8) is 0 Å². The predicted octanol–water partition coefficient (Wildman–Crippen LogP) is 30.0. The number of pyridine rings is 1. The van der Waals surface area contributed by atoms with Crippen LogP contribution in [0.1, 0.15) is 0 Å². The first-order chi connectivity index (χ1) is 59.5. The summed E-state index contributed by atoms with van der Waals surface area (Å²) in [6, 6.07) is 149. The minimum absolute atomic E-state index is 0.672. The van der Waals surface area contributed by atoms with Gasteiger partial charge in [-0.2, -0.15) is 0 Å². The number of fused-ring (bicyclic) bond motifs is 15. The lowest BCUT2D eigenvalue weighted by Gasteiger charge is -2.13. The van der Waals surface area contributed by atoms with Gasteiger partial charge in [0.15, 0.2) is 5.82 Å². The van der Waals surface area contributed by atoms with E-state index in [9.17, 15) is 0 Å². The molecule has 0 fully saturated rings. The van der Waals surface area contributed by atoms with Crippen molar-refractivity contribution in [2.45, 2.75) is 0 Å². The van der Waals surface area contributed by atoms with Gasteiger partial charge in [-0.3, -0.25) is 13.7 Å². The number of aromatic nitrogens is 8. The van der Waals surface area contributed by atoms with Gasteiger partial charge in [-0.25, -0.2) is 24.9 Å². The van der Waals surface area contributed by atoms with Gasteiger partial charge in [0, 0.05) is 94.9 Å². The molecule has 0 aliphatic carbocycles. The number of thiophene rings is 3. The highest BCUT2D eigenvalue weighted by molar-refractivity contribution is 7.24. The van der Waals surface area contributed by atoms with E-state index >= 15 is 0 Å². The minimum Gasteiger partial charge on any atom is -0.294 e. The molecule has 0 saturated carbocycles. The fraction of sp³-hybridized carbons (Fsp3) is 0. The molecular formula is C109H70N8S3. The molecule has 24 rings (SSSR count). The number of benzene rings is 15. The summed E-state index contributed by atoms with van der Waals surface area (Å²) in [7, 11) is 0. The summed E-state index contributed by atoms with van der Waals surface area (Å²) in [5, 5.41) is 11.3. The van der Waals surface area contributed by atoms with E-state index in [1.54, 1.807) is 0 Å². The van der Waals surface area contributed by atoms with Crippen LogP contribution < -0.4 is 0 Å².